The molecule has 92 valence electrons. The second-order valence-electron chi connectivity index (χ2n) is 5.00. The Morgan fingerprint density at radius 2 is 2.00 bits per heavy atom. The van der Waals surface area contributed by atoms with Gasteiger partial charge in [-0.05, 0) is 31.7 Å². The maximum absolute atomic E-state index is 11.8. The quantitative estimate of drug-likeness (QED) is 0.829. The number of rotatable bonds is 4. The zero-order chi connectivity index (χ0) is 12.3. The summed E-state index contributed by atoms with van der Waals surface area (Å²) < 4.78 is 0. The van der Waals surface area contributed by atoms with Crippen LogP contribution in [-0.4, -0.2) is 23.2 Å². The van der Waals surface area contributed by atoms with Gasteiger partial charge >= 0.3 is 0 Å². The molecule has 2 rings (SSSR count). The van der Waals surface area contributed by atoms with Crippen LogP contribution in [0, 0.1) is 6.92 Å². The Morgan fingerprint density at radius 1 is 1.35 bits per heavy atom. The van der Waals surface area contributed by atoms with Crippen molar-refractivity contribution in [2.45, 2.75) is 38.1 Å². The van der Waals surface area contributed by atoms with Crippen molar-refractivity contribution in [3.63, 3.8) is 0 Å². The molecule has 17 heavy (non-hydrogen) atoms. The van der Waals surface area contributed by atoms with Crippen LogP contribution in [0.4, 0.5) is 0 Å². The van der Waals surface area contributed by atoms with Gasteiger partial charge in [-0.3, -0.25) is 4.79 Å². The summed E-state index contributed by atoms with van der Waals surface area (Å²) in [6.45, 7) is 2.08. The van der Waals surface area contributed by atoms with E-state index in [1.807, 2.05) is 31.2 Å². The summed E-state index contributed by atoms with van der Waals surface area (Å²) in [4.78, 5) is 11.8. The molecule has 0 heterocycles. The highest BCUT2D eigenvalue weighted by molar-refractivity contribution is 5.79. The number of benzene rings is 1. The van der Waals surface area contributed by atoms with Gasteiger partial charge in [0.15, 0.2) is 0 Å². The van der Waals surface area contributed by atoms with Gasteiger partial charge in [0, 0.05) is 0 Å². The molecule has 1 aliphatic rings. The predicted octanol–water partition coefficient (Wildman–Crippen LogP) is 1.57. The van der Waals surface area contributed by atoms with E-state index in [2.05, 4.69) is 5.32 Å². The normalized spacial score (nSPS) is 17.3. The van der Waals surface area contributed by atoms with Crippen molar-refractivity contribution in [1.29, 1.82) is 0 Å². The van der Waals surface area contributed by atoms with Gasteiger partial charge in [-0.15, -0.1) is 0 Å². The van der Waals surface area contributed by atoms with E-state index in [9.17, 15) is 9.90 Å². The lowest BCUT2D eigenvalue weighted by molar-refractivity contribution is -0.124. The molecule has 0 unspecified atom stereocenters. The van der Waals surface area contributed by atoms with Gasteiger partial charge in [0.25, 0.3) is 0 Å². The fourth-order valence-electron chi connectivity index (χ4n) is 2.16. The van der Waals surface area contributed by atoms with Crippen molar-refractivity contribution < 1.29 is 9.90 Å². The number of aryl methyl sites for hydroxylation is 1. The highest BCUT2D eigenvalue weighted by Crippen LogP contribution is 2.31. The summed E-state index contributed by atoms with van der Waals surface area (Å²) in [7, 11) is 0. The Hall–Kier alpha value is -1.35. The fraction of sp³-hybridized carbons (Fsp3) is 0.500. The Bertz CT molecular complexity index is 388. The van der Waals surface area contributed by atoms with Gasteiger partial charge in [0.1, 0.15) is 0 Å². The van der Waals surface area contributed by atoms with Crippen molar-refractivity contribution in [2.24, 2.45) is 0 Å². The third-order valence-electron chi connectivity index (χ3n) is 3.50. The SMILES string of the molecule is Cc1ccc(CC(=O)NC2(CO)CCC2)cc1. The smallest absolute Gasteiger partial charge is 0.224 e. The highest BCUT2D eigenvalue weighted by atomic mass is 16.3. The summed E-state index contributed by atoms with van der Waals surface area (Å²) in [5.74, 6) is 0.00241. The number of aliphatic hydroxyl groups excluding tert-OH is 1. The minimum Gasteiger partial charge on any atom is -0.394 e. The van der Waals surface area contributed by atoms with E-state index in [1.165, 1.54) is 5.56 Å². The number of hydrogen-bond donors (Lipinski definition) is 2. The standard InChI is InChI=1S/C14H19NO2/c1-11-3-5-12(6-4-11)9-13(17)15-14(10-16)7-2-8-14/h3-6,16H,2,7-10H2,1H3,(H,15,17). The zero-order valence-electron chi connectivity index (χ0n) is 10.2. The lowest BCUT2D eigenvalue weighted by Crippen LogP contribution is -2.56. The zero-order valence-corrected chi connectivity index (χ0v) is 10.2. The van der Waals surface area contributed by atoms with Gasteiger partial charge < -0.3 is 10.4 Å². The molecule has 0 aromatic heterocycles. The molecule has 0 atom stereocenters. The first kappa shape index (κ1) is 12.1. The molecule has 1 amide bonds. The number of aliphatic hydroxyl groups is 1. The first-order valence-corrected chi connectivity index (χ1v) is 6.11. The van der Waals surface area contributed by atoms with Crippen molar-refractivity contribution in [3.8, 4) is 0 Å². The van der Waals surface area contributed by atoms with Crippen LogP contribution >= 0.6 is 0 Å². The Balaban J connectivity index is 1.91. The minimum absolute atomic E-state index is 0.00241. The molecule has 0 bridgehead atoms. The molecule has 0 aliphatic heterocycles. The first-order valence-electron chi connectivity index (χ1n) is 6.11. The summed E-state index contributed by atoms with van der Waals surface area (Å²) >= 11 is 0. The molecular weight excluding hydrogens is 214 g/mol. The summed E-state index contributed by atoms with van der Waals surface area (Å²) in [6, 6.07) is 7.96. The van der Waals surface area contributed by atoms with Gasteiger partial charge in [0.2, 0.25) is 5.91 Å². The molecule has 1 aromatic rings. The Kier molecular flexibility index (Phi) is 3.48. The average molecular weight is 233 g/mol. The van der Waals surface area contributed by atoms with Crippen LogP contribution in [0.5, 0.6) is 0 Å². The number of carbonyl (C=O) groups excluding carboxylic acids is 1. The molecule has 1 aromatic carbocycles. The fourth-order valence-corrected chi connectivity index (χ4v) is 2.16. The van der Waals surface area contributed by atoms with E-state index in [-0.39, 0.29) is 18.1 Å². The van der Waals surface area contributed by atoms with Crippen LogP contribution in [0.15, 0.2) is 24.3 Å². The largest absolute Gasteiger partial charge is 0.394 e. The number of amides is 1. The molecule has 1 fully saturated rings. The van der Waals surface area contributed by atoms with E-state index < -0.39 is 0 Å². The van der Waals surface area contributed by atoms with Crippen LogP contribution in [0.25, 0.3) is 0 Å². The molecule has 0 saturated heterocycles. The number of carbonyl (C=O) groups is 1. The van der Waals surface area contributed by atoms with Crippen LogP contribution in [-0.2, 0) is 11.2 Å². The van der Waals surface area contributed by atoms with E-state index in [0.717, 1.165) is 24.8 Å². The monoisotopic (exact) mass is 233 g/mol. The van der Waals surface area contributed by atoms with Crippen molar-refractivity contribution in [2.75, 3.05) is 6.61 Å². The third-order valence-corrected chi connectivity index (χ3v) is 3.50. The van der Waals surface area contributed by atoms with Crippen LogP contribution in [0.1, 0.15) is 30.4 Å². The number of nitrogens with one attached hydrogen (secondary N) is 1. The maximum Gasteiger partial charge on any atom is 0.224 e. The molecule has 2 N–H and O–H groups in total. The van der Waals surface area contributed by atoms with Crippen molar-refractivity contribution >= 4 is 5.91 Å². The van der Waals surface area contributed by atoms with E-state index in [1.54, 1.807) is 0 Å². The second kappa shape index (κ2) is 4.88. The average Bonchev–Trinajstić information content (AvgIpc) is 2.27. The first-order chi connectivity index (χ1) is 8.13. The molecule has 3 heteroatoms. The van der Waals surface area contributed by atoms with Crippen molar-refractivity contribution in [1.82, 2.24) is 5.32 Å². The van der Waals surface area contributed by atoms with E-state index >= 15 is 0 Å². The van der Waals surface area contributed by atoms with Crippen LogP contribution < -0.4 is 5.32 Å². The van der Waals surface area contributed by atoms with Crippen LogP contribution in [0.2, 0.25) is 0 Å². The molecule has 0 radical (unpaired) electrons. The molecule has 1 saturated carbocycles. The van der Waals surface area contributed by atoms with Gasteiger partial charge in [-0.2, -0.15) is 0 Å². The summed E-state index contributed by atoms with van der Waals surface area (Å²) in [5.41, 5.74) is 1.88. The van der Waals surface area contributed by atoms with Gasteiger partial charge in [-0.1, -0.05) is 29.8 Å². The van der Waals surface area contributed by atoms with Crippen LogP contribution in [0.3, 0.4) is 0 Å². The highest BCUT2D eigenvalue weighted by Gasteiger charge is 2.37. The molecule has 3 nitrogen and oxygen atoms in total. The molecule has 0 spiro atoms. The Morgan fingerprint density at radius 3 is 2.47 bits per heavy atom. The Labute approximate surface area is 102 Å². The van der Waals surface area contributed by atoms with E-state index in [4.69, 9.17) is 0 Å². The molecule has 1 aliphatic carbocycles. The minimum atomic E-state index is -0.332. The summed E-state index contributed by atoms with van der Waals surface area (Å²) in [5, 5.41) is 12.2. The maximum atomic E-state index is 11.8. The molecular formula is C14H19NO2. The number of hydrogen-bond acceptors (Lipinski definition) is 2. The summed E-state index contributed by atoms with van der Waals surface area (Å²) in [6.07, 6.45) is 3.26. The van der Waals surface area contributed by atoms with Gasteiger partial charge in [0.05, 0.1) is 18.6 Å². The van der Waals surface area contributed by atoms with Gasteiger partial charge in [-0.25, -0.2) is 0 Å². The second-order valence-corrected chi connectivity index (χ2v) is 5.00. The van der Waals surface area contributed by atoms with Crippen molar-refractivity contribution in [3.05, 3.63) is 35.4 Å². The lowest BCUT2D eigenvalue weighted by atomic mass is 9.77. The third kappa shape index (κ3) is 2.86. The lowest BCUT2D eigenvalue weighted by Gasteiger charge is -2.41. The predicted molar refractivity (Wildman–Crippen MR) is 66.7 cm³/mol. The van der Waals surface area contributed by atoms with E-state index in [0.29, 0.717) is 6.42 Å². The topological polar surface area (TPSA) is 49.3 Å².